The summed E-state index contributed by atoms with van der Waals surface area (Å²) in [5.41, 5.74) is 0.248. The van der Waals surface area contributed by atoms with Gasteiger partial charge in [0.05, 0.1) is 5.60 Å². The van der Waals surface area contributed by atoms with Gasteiger partial charge < -0.3 is 15.0 Å². The molecule has 0 radical (unpaired) electrons. The monoisotopic (exact) mass is 254 g/mol. The summed E-state index contributed by atoms with van der Waals surface area (Å²) in [5.74, 6) is 0. The fourth-order valence-electron chi connectivity index (χ4n) is 3.61. The van der Waals surface area contributed by atoms with Crippen LogP contribution >= 0.6 is 0 Å². The molecule has 0 amide bonds. The van der Waals surface area contributed by atoms with Crippen LogP contribution in [0.25, 0.3) is 0 Å². The first-order valence-corrected chi connectivity index (χ1v) is 7.75. The lowest BCUT2D eigenvalue weighted by molar-refractivity contribution is -0.122. The van der Waals surface area contributed by atoms with Crippen molar-refractivity contribution in [1.82, 2.24) is 10.2 Å². The molecule has 0 bridgehead atoms. The Balaban J connectivity index is 1.81. The van der Waals surface area contributed by atoms with E-state index in [1.165, 1.54) is 57.9 Å². The predicted molar refractivity (Wildman–Crippen MR) is 76.0 cm³/mol. The Morgan fingerprint density at radius 3 is 2.78 bits per heavy atom. The summed E-state index contributed by atoms with van der Waals surface area (Å²) in [6.45, 7) is 3.31. The topological polar surface area (TPSA) is 24.5 Å². The minimum Gasteiger partial charge on any atom is -0.375 e. The largest absolute Gasteiger partial charge is 0.375 e. The van der Waals surface area contributed by atoms with Crippen LogP contribution in [0.1, 0.15) is 51.4 Å². The number of hydrogen-bond acceptors (Lipinski definition) is 3. The fraction of sp³-hybridized carbons (Fsp3) is 1.00. The molecule has 1 aliphatic heterocycles. The van der Waals surface area contributed by atoms with Crippen LogP contribution in [0, 0.1) is 0 Å². The highest BCUT2D eigenvalue weighted by atomic mass is 16.5. The molecular formula is C15H30N2O. The molecule has 2 aliphatic rings. The molecule has 1 unspecified atom stereocenters. The fourth-order valence-corrected chi connectivity index (χ4v) is 3.61. The van der Waals surface area contributed by atoms with Gasteiger partial charge >= 0.3 is 0 Å². The van der Waals surface area contributed by atoms with Crippen LogP contribution < -0.4 is 5.32 Å². The lowest BCUT2D eigenvalue weighted by Gasteiger charge is -2.46. The zero-order chi connectivity index (χ0) is 12.8. The molecule has 1 saturated heterocycles. The first kappa shape index (κ1) is 14.3. The molecule has 3 heteroatoms. The van der Waals surface area contributed by atoms with E-state index in [4.69, 9.17) is 4.74 Å². The first-order valence-electron chi connectivity index (χ1n) is 7.75. The highest BCUT2D eigenvalue weighted by Gasteiger charge is 2.39. The molecule has 0 aromatic rings. The van der Waals surface area contributed by atoms with E-state index >= 15 is 0 Å². The second-order valence-corrected chi connectivity index (χ2v) is 6.18. The van der Waals surface area contributed by atoms with Crippen molar-refractivity contribution in [2.45, 2.75) is 63.0 Å². The van der Waals surface area contributed by atoms with Crippen LogP contribution in [0.2, 0.25) is 0 Å². The third-order valence-corrected chi connectivity index (χ3v) is 4.79. The molecule has 1 aliphatic carbocycles. The van der Waals surface area contributed by atoms with Gasteiger partial charge in [-0.1, -0.05) is 19.3 Å². The maximum absolute atomic E-state index is 6.17. The highest BCUT2D eigenvalue weighted by molar-refractivity contribution is 4.92. The predicted octanol–water partition coefficient (Wildman–Crippen LogP) is 2.41. The molecule has 1 spiro atoms. The second-order valence-electron chi connectivity index (χ2n) is 6.18. The molecule has 18 heavy (non-hydrogen) atoms. The number of hydrogen-bond donors (Lipinski definition) is 1. The molecule has 1 heterocycles. The highest BCUT2D eigenvalue weighted by Crippen LogP contribution is 2.39. The van der Waals surface area contributed by atoms with Crippen LogP contribution in [0.4, 0.5) is 0 Å². The lowest BCUT2D eigenvalue weighted by atomic mass is 9.78. The summed E-state index contributed by atoms with van der Waals surface area (Å²) in [5, 5.41) is 3.23. The van der Waals surface area contributed by atoms with Crippen molar-refractivity contribution in [3.8, 4) is 0 Å². The molecule has 2 rings (SSSR count). The number of nitrogens with one attached hydrogen (secondary N) is 1. The van der Waals surface area contributed by atoms with Gasteiger partial charge in [0.2, 0.25) is 0 Å². The van der Waals surface area contributed by atoms with Gasteiger partial charge in [-0.05, 0) is 59.3 Å². The van der Waals surface area contributed by atoms with Gasteiger partial charge in [-0.25, -0.2) is 0 Å². The lowest BCUT2D eigenvalue weighted by Crippen LogP contribution is -2.48. The van der Waals surface area contributed by atoms with E-state index in [0.29, 0.717) is 0 Å². The minimum absolute atomic E-state index is 0.248. The summed E-state index contributed by atoms with van der Waals surface area (Å²) in [4.78, 5) is 2.57. The van der Waals surface area contributed by atoms with Gasteiger partial charge in [-0.15, -0.1) is 0 Å². The summed E-state index contributed by atoms with van der Waals surface area (Å²) in [6.07, 6.45) is 10.5. The molecule has 0 aromatic carbocycles. The van der Waals surface area contributed by atoms with E-state index in [1.54, 1.807) is 0 Å². The van der Waals surface area contributed by atoms with E-state index in [1.807, 2.05) is 7.05 Å². The third kappa shape index (κ3) is 3.69. The summed E-state index contributed by atoms with van der Waals surface area (Å²) in [7, 11) is 4.33. The summed E-state index contributed by atoms with van der Waals surface area (Å²) in [6, 6.07) is 0.744. The quantitative estimate of drug-likeness (QED) is 0.763. The Kier molecular flexibility index (Phi) is 5.46. The van der Waals surface area contributed by atoms with Crippen LogP contribution in [-0.4, -0.2) is 50.3 Å². The number of ether oxygens (including phenoxy) is 1. The van der Waals surface area contributed by atoms with E-state index in [9.17, 15) is 0 Å². The molecule has 1 atom stereocenters. The van der Waals surface area contributed by atoms with Crippen molar-refractivity contribution < 1.29 is 4.74 Å². The third-order valence-electron chi connectivity index (χ3n) is 4.79. The van der Waals surface area contributed by atoms with Crippen LogP contribution in [0.3, 0.4) is 0 Å². The van der Waals surface area contributed by atoms with Crippen molar-refractivity contribution >= 4 is 0 Å². The zero-order valence-corrected chi connectivity index (χ0v) is 12.2. The molecule has 3 nitrogen and oxygen atoms in total. The zero-order valence-electron chi connectivity index (χ0n) is 12.2. The standard InChI is InChI=1S/C15H30N2O/c1-16-10-6-11-17(2)14-7-12-18-15(13-14)8-4-3-5-9-15/h14,16H,3-13H2,1-2H3. The van der Waals surface area contributed by atoms with Gasteiger partial charge in [0.25, 0.3) is 0 Å². The van der Waals surface area contributed by atoms with Gasteiger partial charge in [0.1, 0.15) is 0 Å². The van der Waals surface area contributed by atoms with E-state index < -0.39 is 0 Å². The Morgan fingerprint density at radius 1 is 1.28 bits per heavy atom. The van der Waals surface area contributed by atoms with Crippen LogP contribution in [-0.2, 0) is 4.74 Å². The van der Waals surface area contributed by atoms with Crippen molar-refractivity contribution in [3.63, 3.8) is 0 Å². The van der Waals surface area contributed by atoms with Crippen molar-refractivity contribution in [1.29, 1.82) is 0 Å². The molecule has 1 saturated carbocycles. The maximum Gasteiger partial charge on any atom is 0.0697 e. The van der Waals surface area contributed by atoms with Gasteiger partial charge in [0.15, 0.2) is 0 Å². The van der Waals surface area contributed by atoms with Crippen LogP contribution in [0.15, 0.2) is 0 Å². The molecule has 2 fully saturated rings. The molecule has 1 N–H and O–H groups in total. The molecule has 106 valence electrons. The van der Waals surface area contributed by atoms with E-state index in [-0.39, 0.29) is 5.60 Å². The second kappa shape index (κ2) is 6.88. The Hall–Kier alpha value is -0.120. The number of nitrogens with zero attached hydrogens (tertiary/aromatic N) is 1. The average molecular weight is 254 g/mol. The summed E-state index contributed by atoms with van der Waals surface area (Å²) < 4.78 is 6.17. The van der Waals surface area contributed by atoms with E-state index in [2.05, 4.69) is 17.3 Å². The molecule has 0 aromatic heterocycles. The van der Waals surface area contributed by atoms with Gasteiger partial charge in [0, 0.05) is 12.6 Å². The smallest absolute Gasteiger partial charge is 0.0697 e. The van der Waals surface area contributed by atoms with Gasteiger partial charge in [-0.2, -0.15) is 0 Å². The van der Waals surface area contributed by atoms with Crippen molar-refractivity contribution in [3.05, 3.63) is 0 Å². The SMILES string of the molecule is CNCCCN(C)C1CCOC2(CCCCC2)C1. The van der Waals surface area contributed by atoms with Crippen molar-refractivity contribution in [2.75, 3.05) is 33.8 Å². The molecular weight excluding hydrogens is 224 g/mol. The summed E-state index contributed by atoms with van der Waals surface area (Å²) >= 11 is 0. The number of rotatable bonds is 5. The van der Waals surface area contributed by atoms with E-state index in [0.717, 1.165) is 19.2 Å². The Morgan fingerprint density at radius 2 is 2.06 bits per heavy atom. The Labute approximate surface area is 112 Å². The average Bonchev–Trinajstić information content (AvgIpc) is 2.40. The first-order chi connectivity index (χ1) is 8.76. The minimum atomic E-state index is 0.248. The van der Waals surface area contributed by atoms with Crippen molar-refractivity contribution in [2.24, 2.45) is 0 Å². The van der Waals surface area contributed by atoms with Gasteiger partial charge in [-0.3, -0.25) is 0 Å². The Bertz CT molecular complexity index is 233. The van der Waals surface area contributed by atoms with Crippen LogP contribution in [0.5, 0.6) is 0 Å². The normalized spacial score (nSPS) is 27.8. The maximum atomic E-state index is 6.17.